The first-order valence-corrected chi connectivity index (χ1v) is 7.12. The van der Waals surface area contributed by atoms with E-state index in [4.69, 9.17) is 14.4 Å². The molecule has 0 unspecified atom stereocenters. The zero-order valence-electron chi connectivity index (χ0n) is 13.1. The van der Waals surface area contributed by atoms with Crippen LogP contribution in [0.3, 0.4) is 0 Å². The fourth-order valence-corrected chi connectivity index (χ4v) is 2.40. The van der Waals surface area contributed by atoms with Crippen molar-refractivity contribution in [1.29, 1.82) is 5.26 Å². The number of aromatic nitrogens is 2. The Balaban J connectivity index is 1.95. The van der Waals surface area contributed by atoms with Crippen LogP contribution in [-0.4, -0.2) is 15.5 Å². The van der Waals surface area contributed by atoms with Crippen LogP contribution in [0.1, 0.15) is 27.2 Å². The number of nitriles is 1. The standard InChI is InChI=1S/C17H13N3O4/c1-10-13(14-15(24-10)19-9-20(2)16(14)21)17(22)23-8-12-6-4-3-5-11(12)7-18/h3-6,9H,8H2,1-2H3. The monoisotopic (exact) mass is 323 g/mol. The number of fused-ring (bicyclic) bond motifs is 1. The third-order valence-electron chi connectivity index (χ3n) is 3.65. The quantitative estimate of drug-likeness (QED) is 0.684. The Bertz CT molecular complexity index is 1040. The van der Waals surface area contributed by atoms with Crippen LogP contribution in [-0.2, 0) is 18.4 Å². The van der Waals surface area contributed by atoms with E-state index in [1.54, 1.807) is 31.2 Å². The molecule has 3 rings (SSSR count). The van der Waals surface area contributed by atoms with E-state index in [9.17, 15) is 9.59 Å². The van der Waals surface area contributed by atoms with Gasteiger partial charge in [0.05, 0.1) is 11.6 Å². The average Bonchev–Trinajstić information content (AvgIpc) is 2.93. The minimum Gasteiger partial charge on any atom is -0.457 e. The van der Waals surface area contributed by atoms with Gasteiger partial charge in [-0.2, -0.15) is 5.26 Å². The maximum atomic E-state index is 12.4. The predicted octanol–water partition coefficient (Wildman–Crippen LogP) is 2.06. The number of carbonyl (C=O) groups is 1. The number of rotatable bonds is 3. The van der Waals surface area contributed by atoms with Gasteiger partial charge in [-0.15, -0.1) is 0 Å². The summed E-state index contributed by atoms with van der Waals surface area (Å²) in [5, 5.41) is 9.16. The largest absolute Gasteiger partial charge is 0.457 e. The van der Waals surface area contributed by atoms with E-state index < -0.39 is 5.97 Å². The molecule has 1 aromatic carbocycles. The number of hydrogen-bond acceptors (Lipinski definition) is 6. The Labute approximate surface area is 136 Å². The molecule has 0 aliphatic rings. The number of esters is 1. The van der Waals surface area contributed by atoms with Crippen molar-refractivity contribution in [2.24, 2.45) is 7.05 Å². The second-order valence-corrected chi connectivity index (χ2v) is 5.22. The molecule has 0 fully saturated rings. The summed E-state index contributed by atoms with van der Waals surface area (Å²) in [4.78, 5) is 28.7. The van der Waals surface area contributed by atoms with Gasteiger partial charge in [0.1, 0.15) is 29.6 Å². The highest BCUT2D eigenvalue weighted by atomic mass is 16.5. The maximum Gasteiger partial charge on any atom is 0.342 e. The van der Waals surface area contributed by atoms with Crippen molar-refractivity contribution < 1.29 is 13.9 Å². The Hall–Kier alpha value is -3.40. The third kappa shape index (κ3) is 2.54. The molecule has 0 aliphatic carbocycles. The van der Waals surface area contributed by atoms with Gasteiger partial charge in [0.25, 0.3) is 5.56 Å². The molecule has 0 bridgehead atoms. The van der Waals surface area contributed by atoms with Crippen molar-refractivity contribution >= 4 is 17.1 Å². The van der Waals surface area contributed by atoms with E-state index in [-0.39, 0.29) is 34.6 Å². The zero-order valence-corrected chi connectivity index (χ0v) is 13.1. The molecule has 0 aliphatic heterocycles. The summed E-state index contributed by atoms with van der Waals surface area (Å²) in [5.74, 6) is -0.427. The number of carbonyl (C=O) groups excluding carboxylic acids is 1. The maximum absolute atomic E-state index is 12.4. The molecule has 0 spiro atoms. The number of ether oxygens (including phenoxy) is 1. The van der Waals surface area contributed by atoms with E-state index >= 15 is 0 Å². The summed E-state index contributed by atoms with van der Waals surface area (Å²) in [6.45, 7) is 1.50. The summed E-state index contributed by atoms with van der Waals surface area (Å²) < 4.78 is 11.9. The van der Waals surface area contributed by atoms with Crippen molar-refractivity contribution in [3.05, 3.63) is 63.4 Å². The molecule has 0 saturated heterocycles. The molecule has 0 N–H and O–H groups in total. The van der Waals surface area contributed by atoms with Crippen LogP contribution in [0.2, 0.25) is 0 Å². The number of benzene rings is 1. The van der Waals surface area contributed by atoms with Gasteiger partial charge >= 0.3 is 5.97 Å². The summed E-state index contributed by atoms with van der Waals surface area (Å²) in [6.07, 6.45) is 1.33. The van der Waals surface area contributed by atoms with Gasteiger partial charge in [0.15, 0.2) is 0 Å². The Morgan fingerprint density at radius 3 is 2.92 bits per heavy atom. The number of furan rings is 1. The van der Waals surface area contributed by atoms with Gasteiger partial charge in [-0.1, -0.05) is 18.2 Å². The van der Waals surface area contributed by atoms with Gasteiger partial charge in [-0.3, -0.25) is 4.79 Å². The number of nitrogens with zero attached hydrogens (tertiary/aromatic N) is 3. The minimum absolute atomic E-state index is 0.0631. The lowest BCUT2D eigenvalue weighted by molar-refractivity contribution is 0.0472. The van der Waals surface area contributed by atoms with E-state index in [0.29, 0.717) is 11.1 Å². The van der Waals surface area contributed by atoms with Crippen LogP contribution in [0.5, 0.6) is 0 Å². The van der Waals surface area contributed by atoms with Crippen molar-refractivity contribution in [2.75, 3.05) is 0 Å². The smallest absolute Gasteiger partial charge is 0.342 e. The van der Waals surface area contributed by atoms with Crippen molar-refractivity contribution in [2.45, 2.75) is 13.5 Å². The summed E-state index contributed by atoms with van der Waals surface area (Å²) >= 11 is 0. The summed E-state index contributed by atoms with van der Waals surface area (Å²) in [7, 11) is 1.54. The Kier molecular flexibility index (Phi) is 3.88. The van der Waals surface area contributed by atoms with Gasteiger partial charge in [-0.25, -0.2) is 9.78 Å². The molecule has 120 valence electrons. The lowest BCUT2D eigenvalue weighted by Gasteiger charge is -2.06. The number of hydrogen-bond donors (Lipinski definition) is 0. The fraction of sp³-hybridized carbons (Fsp3) is 0.176. The highest BCUT2D eigenvalue weighted by Gasteiger charge is 2.23. The molecular formula is C17H13N3O4. The lowest BCUT2D eigenvalue weighted by atomic mass is 10.1. The topological polar surface area (TPSA) is 98.1 Å². The van der Waals surface area contributed by atoms with E-state index in [0.717, 1.165) is 0 Å². The van der Waals surface area contributed by atoms with E-state index in [1.165, 1.54) is 17.9 Å². The molecule has 2 aromatic heterocycles. The van der Waals surface area contributed by atoms with Gasteiger partial charge < -0.3 is 13.7 Å². The average molecular weight is 323 g/mol. The first kappa shape index (κ1) is 15.5. The molecule has 7 nitrogen and oxygen atoms in total. The van der Waals surface area contributed by atoms with Gasteiger partial charge in [0, 0.05) is 12.6 Å². The summed E-state index contributed by atoms with van der Waals surface area (Å²) in [5.41, 5.74) is 0.788. The first-order chi connectivity index (χ1) is 11.5. The van der Waals surface area contributed by atoms with E-state index in [1.807, 2.05) is 6.07 Å². The third-order valence-corrected chi connectivity index (χ3v) is 3.65. The van der Waals surface area contributed by atoms with Crippen LogP contribution >= 0.6 is 0 Å². The molecule has 7 heteroatoms. The minimum atomic E-state index is -0.691. The van der Waals surface area contributed by atoms with Crippen molar-refractivity contribution in [3.8, 4) is 6.07 Å². The van der Waals surface area contributed by atoms with Crippen LogP contribution in [0.25, 0.3) is 11.1 Å². The normalized spacial score (nSPS) is 10.5. The van der Waals surface area contributed by atoms with Crippen LogP contribution in [0.15, 0.2) is 39.8 Å². The zero-order chi connectivity index (χ0) is 17.3. The molecular weight excluding hydrogens is 310 g/mol. The number of aryl methyl sites for hydroxylation is 2. The predicted molar refractivity (Wildman–Crippen MR) is 84.3 cm³/mol. The summed E-state index contributed by atoms with van der Waals surface area (Å²) in [6, 6.07) is 8.86. The Morgan fingerprint density at radius 2 is 2.17 bits per heavy atom. The lowest BCUT2D eigenvalue weighted by Crippen LogP contribution is -2.19. The van der Waals surface area contributed by atoms with E-state index in [2.05, 4.69) is 4.98 Å². The molecule has 24 heavy (non-hydrogen) atoms. The molecule has 0 radical (unpaired) electrons. The highest BCUT2D eigenvalue weighted by Crippen LogP contribution is 2.22. The Morgan fingerprint density at radius 1 is 1.42 bits per heavy atom. The second-order valence-electron chi connectivity index (χ2n) is 5.22. The second kappa shape index (κ2) is 6.01. The highest BCUT2D eigenvalue weighted by molar-refractivity contribution is 6.03. The molecule has 0 amide bonds. The SMILES string of the molecule is Cc1oc2ncn(C)c(=O)c2c1C(=O)OCc1ccccc1C#N. The molecule has 0 saturated carbocycles. The van der Waals surface area contributed by atoms with Crippen LogP contribution in [0.4, 0.5) is 0 Å². The van der Waals surface area contributed by atoms with Crippen LogP contribution < -0.4 is 5.56 Å². The van der Waals surface area contributed by atoms with Crippen LogP contribution in [0, 0.1) is 18.3 Å². The molecule has 2 heterocycles. The van der Waals surface area contributed by atoms with Gasteiger partial charge in [0.2, 0.25) is 5.71 Å². The first-order valence-electron chi connectivity index (χ1n) is 7.12. The van der Waals surface area contributed by atoms with Crippen molar-refractivity contribution in [3.63, 3.8) is 0 Å². The molecule has 0 atom stereocenters. The fourth-order valence-electron chi connectivity index (χ4n) is 2.40. The van der Waals surface area contributed by atoms with Crippen molar-refractivity contribution in [1.82, 2.24) is 9.55 Å². The van der Waals surface area contributed by atoms with Gasteiger partial charge in [-0.05, 0) is 13.0 Å². The molecule has 3 aromatic rings.